The van der Waals surface area contributed by atoms with Gasteiger partial charge in [0.15, 0.2) is 12.3 Å². The number of ether oxygens (including phenoxy) is 2. The van der Waals surface area contributed by atoms with Crippen LogP contribution in [0.5, 0.6) is 0 Å². The lowest BCUT2D eigenvalue weighted by Crippen LogP contribution is -2.21. The number of carbonyl (C=O) groups is 2. The summed E-state index contributed by atoms with van der Waals surface area (Å²) in [4.78, 5) is 27.9. The van der Waals surface area contributed by atoms with E-state index in [0.717, 1.165) is 11.7 Å². The van der Waals surface area contributed by atoms with Gasteiger partial charge in [0.1, 0.15) is 16.0 Å². The molecular weight excluding hydrogens is 352 g/mol. The van der Waals surface area contributed by atoms with Crippen LogP contribution in [0.25, 0.3) is 11.0 Å². The molecule has 3 rings (SSSR count). The second-order valence-corrected chi connectivity index (χ2v) is 6.09. The number of fused-ring (bicyclic) bond motifs is 1. The van der Waals surface area contributed by atoms with Crippen LogP contribution in [-0.4, -0.2) is 39.3 Å². The third-order valence-electron chi connectivity index (χ3n) is 2.92. The van der Waals surface area contributed by atoms with E-state index in [0.29, 0.717) is 28.3 Å². The van der Waals surface area contributed by atoms with E-state index in [4.69, 9.17) is 9.47 Å². The van der Waals surface area contributed by atoms with E-state index in [1.54, 1.807) is 30.7 Å². The van der Waals surface area contributed by atoms with Crippen molar-refractivity contribution in [1.82, 2.24) is 13.7 Å². The molecule has 0 aliphatic rings. The highest BCUT2D eigenvalue weighted by Gasteiger charge is 2.15. The van der Waals surface area contributed by atoms with Gasteiger partial charge in [-0.3, -0.25) is 4.79 Å². The molecule has 1 N–H and O–H groups in total. The number of carbonyl (C=O) groups excluding carboxylic acids is 2. The summed E-state index contributed by atoms with van der Waals surface area (Å²) in [6.07, 6.45) is 0. The average molecular weight is 364 g/mol. The minimum atomic E-state index is -0.655. The SMILES string of the molecule is COCc1nc(C(=O)OCC(=O)Nc2cccc3nsnc23)cs1. The monoisotopic (exact) mass is 364 g/mol. The molecule has 2 heterocycles. The summed E-state index contributed by atoms with van der Waals surface area (Å²) in [6.45, 7) is -0.0892. The van der Waals surface area contributed by atoms with Crippen LogP contribution in [0.2, 0.25) is 0 Å². The highest BCUT2D eigenvalue weighted by molar-refractivity contribution is 7.09. The topological polar surface area (TPSA) is 103 Å². The minimum Gasteiger partial charge on any atom is -0.451 e. The molecule has 1 aromatic carbocycles. The van der Waals surface area contributed by atoms with Gasteiger partial charge in [0, 0.05) is 12.5 Å². The Morgan fingerprint density at radius 2 is 2.17 bits per heavy atom. The Morgan fingerprint density at radius 3 is 3.00 bits per heavy atom. The van der Waals surface area contributed by atoms with E-state index in [9.17, 15) is 9.59 Å². The van der Waals surface area contributed by atoms with Crippen molar-refractivity contribution >= 4 is 51.7 Å². The van der Waals surface area contributed by atoms with Crippen molar-refractivity contribution in [3.63, 3.8) is 0 Å². The van der Waals surface area contributed by atoms with Gasteiger partial charge >= 0.3 is 5.97 Å². The lowest BCUT2D eigenvalue weighted by molar-refractivity contribution is -0.119. The van der Waals surface area contributed by atoms with Crippen LogP contribution in [0.4, 0.5) is 5.69 Å². The Kier molecular flexibility index (Phi) is 5.08. The van der Waals surface area contributed by atoms with Gasteiger partial charge in [0.05, 0.1) is 24.0 Å². The summed E-state index contributed by atoms with van der Waals surface area (Å²) in [7, 11) is 1.54. The van der Waals surface area contributed by atoms with Crippen LogP contribution < -0.4 is 5.32 Å². The number of nitrogens with one attached hydrogen (secondary N) is 1. The van der Waals surface area contributed by atoms with Crippen molar-refractivity contribution in [2.24, 2.45) is 0 Å². The molecule has 0 bridgehead atoms. The molecule has 24 heavy (non-hydrogen) atoms. The first-order chi connectivity index (χ1) is 11.7. The predicted octanol–water partition coefficient (Wildman–Crippen LogP) is 2.09. The minimum absolute atomic E-state index is 0.158. The molecule has 3 aromatic rings. The third kappa shape index (κ3) is 3.72. The van der Waals surface area contributed by atoms with E-state index in [-0.39, 0.29) is 5.69 Å². The number of methoxy groups -OCH3 is 1. The second kappa shape index (κ2) is 7.43. The standard InChI is InChI=1S/C14H12N4O4S2/c1-21-6-12-16-10(7-23-12)14(20)22-5-11(19)15-8-3-2-4-9-13(8)18-24-17-9/h2-4,7H,5-6H2,1H3,(H,15,19). The number of thiazole rings is 1. The lowest BCUT2D eigenvalue weighted by Gasteiger charge is -2.06. The van der Waals surface area contributed by atoms with Gasteiger partial charge in [-0.15, -0.1) is 11.3 Å². The van der Waals surface area contributed by atoms with Gasteiger partial charge in [-0.1, -0.05) is 6.07 Å². The zero-order valence-corrected chi connectivity index (χ0v) is 14.1. The largest absolute Gasteiger partial charge is 0.451 e. The summed E-state index contributed by atoms with van der Waals surface area (Å²) in [5.74, 6) is -1.12. The fourth-order valence-corrected chi connectivity index (χ4v) is 3.18. The Hall–Kier alpha value is -2.43. The first-order valence-electron chi connectivity index (χ1n) is 6.79. The molecule has 0 aliphatic heterocycles. The van der Waals surface area contributed by atoms with E-state index in [1.807, 2.05) is 0 Å². The predicted molar refractivity (Wildman–Crippen MR) is 89.2 cm³/mol. The van der Waals surface area contributed by atoms with E-state index < -0.39 is 18.5 Å². The van der Waals surface area contributed by atoms with E-state index in [2.05, 4.69) is 19.0 Å². The van der Waals surface area contributed by atoms with Crippen LogP contribution in [0.3, 0.4) is 0 Å². The Labute approximate surface area is 144 Å². The van der Waals surface area contributed by atoms with E-state index in [1.165, 1.54) is 11.3 Å². The van der Waals surface area contributed by atoms with Crippen LogP contribution >= 0.6 is 23.1 Å². The lowest BCUT2D eigenvalue weighted by atomic mass is 10.2. The molecule has 10 heteroatoms. The zero-order chi connectivity index (χ0) is 16.9. The Bertz CT molecular complexity index is 876. The van der Waals surface area contributed by atoms with Gasteiger partial charge in [-0.05, 0) is 12.1 Å². The molecule has 0 saturated heterocycles. The van der Waals surface area contributed by atoms with Crippen LogP contribution in [0, 0.1) is 0 Å². The van der Waals surface area contributed by atoms with Gasteiger partial charge in [0.25, 0.3) is 5.91 Å². The van der Waals surface area contributed by atoms with E-state index >= 15 is 0 Å². The maximum Gasteiger partial charge on any atom is 0.358 e. The molecule has 0 unspecified atom stereocenters. The van der Waals surface area contributed by atoms with Gasteiger partial charge in [-0.2, -0.15) is 8.75 Å². The van der Waals surface area contributed by atoms with Crippen molar-refractivity contribution < 1.29 is 19.1 Å². The van der Waals surface area contributed by atoms with Gasteiger partial charge in [0.2, 0.25) is 0 Å². The quantitative estimate of drug-likeness (QED) is 0.668. The molecule has 0 aliphatic carbocycles. The third-order valence-corrected chi connectivity index (χ3v) is 4.29. The first-order valence-corrected chi connectivity index (χ1v) is 8.40. The van der Waals surface area contributed by atoms with Crippen LogP contribution in [0.1, 0.15) is 15.5 Å². The summed E-state index contributed by atoms with van der Waals surface area (Å²) in [5.41, 5.74) is 1.98. The van der Waals surface area contributed by atoms with Crippen LogP contribution in [0.15, 0.2) is 23.6 Å². The molecule has 0 spiro atoms. The number of rotatable bonds is 6. The van der Waals surface area contributed by atoms with Gasteiger partial charge < -0.3 is 14.8 Å². The zero-order valence-electron chi connectivity index (χ0n) is 12.5. The molecular formula is C14H12N4O4S2. The molecule has 124 valence electrons. The molecule has 0 atom stereocenters. The molecule has 1 amide bonds. The van der Waals surface area contributed by atoms with Crippen LogP contribution in [-0.2, 0) is 20.9 Å². The summed E-state index contributed by atoms with van der Waals surface area (Å²) >= 11 is 2.35. The number of hydrogen-bond acceptors (Lipinski definition) is 9. The van der Waals surface area contributed by atoms with Crippen molar-refractivity contribution in [1.29, 1.82) is 0 Å². The number of anilines is 1. The number of nitrogens with zero attached hydrogens (tertiary/aromatic N) is 3. The Morgan fingerprint density at radius 1 is 1.29 bits per heavy atom. The summed E-state index contributed by atoms with van der Waals surface area (Å²) in [6, 6.07) is 5.27. The second-order valence-electron chi connectivity index (χ2n) is 4.62. The van der Waals surface area contributed by atoms with Crippen molar-refractivity contribution in [2.75, 3.05) is 19.0 Å². The number of aromatic nitrogens is 3. The number of benzene rings is 1. The fourth-order valence-electron chi connectivity index (χ4n) is 1.89. The molecule has 0 radical (unpaired) electrons. The molecule has 8 nitrogen and oxygen atoms in total. The number of amides is 1. The maximum absolute atomic E-state index is 12.0. The maximum atomic E-state index is 12.0. The molecule has 2 aromatic heterocycles. The molecule has 0 saturated carbocycles. The van der Waals surface area contributed by atoms with Crippen molar-refractivity contribution in [3.05, 3.63) is 34.3 Å². The number of hydrogen-bond donors (Lipinski definition) is 1. The summed E-state index contributed by atoms with van der Waals surface area (Å²) < 4.78 is 18.1. The fraction of sp³-hybridized carbons (Fsp3) is 0.214. The molecule has 0 fully saturated rings. The smallest absolute Gasteiger partial charge is 0.358 e. The summed E-state index contributed by atoms with van der Waals surface area (Å²) in [5, 5.41) is 4.88. The Balaban J connectivity index is 1.57. The average Bonchev–Trinajstić information content (AvgIpc) is 3.22. The highest BCUT2D eigenvalue weighted by Crippen LogP contribution is 2.21. The van der Waals surface area contributed by atoms with Gasteiger partial charge in [-0.25, -0.2) is 9.78 Å². The van der Waals surface area contributed by atoms with Crippen molar-refractivity contribution in [2.45, 2.75) is 6.61 Å². The first kappa shape index (κ1) is 16.4. The number of esters is 1. The highest BCUT2D eigenvalue weighted by atomic mass is 32.1. The normalized spacial score (nSPS) is 10.7. The van der Waals surface area contributed by atoms with Crippen molar-refractivity contribution in [3.8, 4) is 0 Å².